The van der Waals surface area contributed by atoms with Gasteiger partial charge in [0.1, 0.15) is 0 Å². The molecule has 1 aliphatic rings. The number of halogens is 1. The Bertz CT molecular complexity index is 696. The molecule has 2 heterocycles. The molecule has 1 aromatic heterocycles. The van der Waals surface area contributed by atoms with Gasteiger partial charge in [-0.3, -0.25) is 0 Å². The highest BCUT2D eigenvalue weighted by atomic mass is 35.5. The Hall–Kier alpha value is -1.47. The van der Waals surface area contributed by atoms with Gasteiger partial charge in [-0.1, -0.05) is 11.6 Å². The normalized spacial score (nSPS) is 21.6. The third-order valence-corrected chi connectivity index (χ3v) is 5.15. The fourth-order valence-corrected chi connectivity index (χ4v) is 4.01. The number of hydrogen-bond acceptors (Lipinski definition) is 5. The van der Waals surface area contributed by atoms with Crippen LogP contribution in [0.1, 0.15) is 12.5 Å². The summed E-state index contributed by atoms with van der Waals surface area (Å²) in [4.78, 5) is 0. The SMILES string of the molecule is O=S1(=O)CC[C@H](n2nnnc2-c2ccc(Cl)cc2)C1. The Morgan fingerprint density at radius 2 is 2.00 bits per heavy atom. The lowest BCUT2D eigenvalue weighted by molar-refractivity contribution is 0.489. The highest BCUT2D eigenvalue weighted by Crippen LogP contribution is 2.27. The van der Waals surface area contributed by atoms with Gasteiger partial charge in [-0.15, -0.1) is 5.10 Å². The van der Waals surface area contributed by atoms with Gasteiger partial charge in [-0.25, -0.2) is 13.1 Å². The maximum atomic E-state index is 11.5. The minimum absolute atomic E-state index is 0.0959. The average molecular weight is 299 g/mol. The molecule has 1 aliphatic heterocycles. The van der Waals surface area contributed by atoms with E-state index in [4.69, 9.17) is 11.6 Å². The first kappa shape index (κ1) is 12.6. The van der Waals surface area contributed by atoms with Crippen LogP contribution in [-0.2, 0) is 9.84 Å². The van der Waals surface area contributed by atoms with Crippen LogP contribution in [0.4, 0.5) is 0 Å². The molecule has 1 saturated heterocycles. The Morgan fingerprint density at radius 1 is 1.26 bits per heavy atom. The molecular weight excluding hydrogens is 288 g/mol. The molecule has 0 amide bonds. The van der Waals surface area contributed by atoms with Gasteiger partial charge in [-0.2, -0.15) is 0 Å². The van der Waals surface area contributed by atoms with Gasteiger partial charge in [0.05, 0.1) is 17.5 Å². The summed E-state index contributed by atoms with van der Waals surface area (Å²) in [6.07, 6.45) is 0.550. The Kier molecular flexibility index (Phi) is 3.02. The van der Waals surface area contributed by atoms with Crippen molar-refractivity contribution in [1.29, 1.82) is 0 Å². The zero-order chi connectivity index (χ0) is 13.5. The van der Waals surface area contributed by atoms with E-state index in [0.29, 0.717) is 17.3 Å². The lowest BCUT2D eigenvalue weighted by Gasteiger charge is -2.10. The van der Waals surface area contributed by atoms with Crippen LogP contribution in [0.2, 0.25) is 5.02 Å². The largest absolute Gasteiger partial charge is 0.229 e. The quantitative estimate of drug-likeness (QED) is 0.836. The zero-order valence-electron chi connectivity index (χ0n) is 9.90. The first-order valence-electron chi connectivity index (χ1n) is 5.79. The summed E-state index contributed by atoms with van der Waals surface area (Å²) >= 11 is 5.84. The molecule has 2 aromatic rings. The molecule has 1 fully saturated rings. The highest BCUT2D eigenvalue weighted by molar-refractivity contribution is 7.91. The summed E-state index contributed by atoms with van der Waals surface area (Å²) in [6.45, 7) is 0. The third kappa shape index (κ3) is 2.48. The molecule has 0 spiro atoms. The Balaban J connectivity index is 1.97. The van der Waals surface area contributed by atoms with Crippen molar-refractivity contribution in [3.63, 3.8) is 0 Å². The minimum atomic E-state index is -2.96. The highest BCUT2D eigenvalue weighted by Gasteiger charge is 2.31. The summed E-state index contributed by atoms with van der Waals surface area (Å²) in [5.41, 5.74) is 0.818. The van der Waals surface area contributed by atoms with Gasteiger partial charge in [0, 0.05) is 10.6 Å². The Morgan fingerprint density at radius 3 is 2.63 bits per heavy atom. The standard InChI is InChI=1S/C11H11ClN4O2S/c12-9-3-1-8(2-4-9)11-13-14-15-16(11)10-5-6-19(17,18)7-10/h1-4,10H,5-7H2/t10-/m0/s1. The molecule has 1 aromatic carbocycles. The third-order valence-electron chi connectivity index (χ3n) is 3.15. The van der Waals surface area contributed by atoms with E-state index in [2.05, 4.69) is 15.5 Å². The number of nitrogens with zero attached hydrogens (tertiary/aromatic N) is 4. The summed E-state index contributed by atoms with van der Waals surface area (Å²) in [7, 11) is -2.96. The van der Waals surface area contributed by atoms with E-state index >= 15 is 0 Å². The van der Waals surface area contributed by atoms with Crippen LogP contribution >= 0.6 is 11.6 Å². The molecule has 19 heavy (non-hydrogen) atoms. The van der Waals surface area contributed by atoms with E-state index in [1.807, 2.05) is 12.1 Å². The lowest BCUT2D eigenvalue weighted by Crippen LogP contribution is -2.13. The molecule has 0 radical (unpaired) electrons. The Labute approximate surface area is 115 Å². The monoisotopic (exact) mass is 298 g/mol. The van der Waals surface area contributed by atoms with Crippen LogP contribution in [0.15, 0.2) is 24.3 Å². The van der Waals surface area contributed by atoms with E-state index in [9.17, 15) is 8.42 Å². The first-order chi connectivity index (χ1) is 9.05. The number of rotatable bonds is 2. The topological polar surface area (TPSA) is 77.7 Å². The molecule has 3 rings (SSSR count). The number of tetrazole rings is 1. The average Bonchev–Trinajstić information content (AvgIpc) is 2.96. The fourth-order valence-electron chi connectivity index (χ4n) is 2.20. The van der Waals surface area contributed by atoms with Crippen molar-refractivity contribution in [2.75, 3.05) is 11.5 Å². The predicted molar refractivity (Wildman–Crippen MR) is 70.6 cm³/mol. The second kappa shape index (κ2) is 4.57. The van der Waals surface area contributed by atoms with Crippen LogP contribution in [-0.4, -0.2) is 40.1 Å². The van der Waals surface area contributed by atoms with Gasteiger partial charge in [0.2, 0.25) is 0 Å². The molecule has 1 atom stereocenters. The van der Waals surface area contributed by atoms with Crippen molar-refractivity contribution in [1.82, 2.24) is 20.2 Å². The van der Waals surface area contributed by atoms with E-state index < -0.39 is 9.84 Å². The molecule has 100 valence electrons. The van der Waals surface area contributed by atoms with Crippen molar-refractivity contribution in [2.24, 2.45) is 0 Å². The van der Waals surface area contributed by atoms with E-state index in [-0.39, 0.29) is 17.5 Å². The van der Waals surface area contributed by atoms with Crippen molar-refractivity contribution < 1.29 is 8.42 Å². The fraction of sp³-hybridized carbons (Fsp3) is 0.364. The van der Waals surface area contributed by atoms with Crippen molar-refractivity contribution in [2.45, 2.75) is 12.5 Å². The van der Waals surface area contributed by atoms with Crippen molar-refractivity contribution in [3.8, 4) is 11.4 Å². The smallest absolute Gasteiger partial charge is 0.182 e. The summed E-state index contributed by atoms with van der Waals surface area (Å²) < 4.78 is 24.6. The van der Waals surface area contributed by atoms with Crippen LogP contribution in [0, 0.1) is 0 Å². The van der Waals surface area contributed by atoms with E-state index in [0.717, 1.165) is 5.56 Å². The number of hydrogen-bond donors (Lipinski definition) is 0. The summed E-state index contributed by atoms with van der Waals surface area (Å²) in [5, 5.41) is 12.2. The number of benzene rings is 1. The van der Waals surface area contributed by atoms with Gasteiger partial charge >= 0.3 is 0 Å². The predicted octanol–water partition coefficient (Wildman–Crippen LogP) is 1.35. The van der Waals surface area contributed by atoms with E-state index in [1.165, 1.54) is 0 Å². The maximum Gasteiger partial charge on any atom is 0.182 e. The summed E-state index contributed by atoms with van der Waals surface area (Å²) in [5.74, 6) is 0.856. The van der Waals surface area contributed by atoms with Crippen LogP contribution in [0.25, 0.3) is 11.4 Å². The van der Waals surface area contributed by atoms with Crippen LogP contribution in [0.5, 0.6) is 0 Å². The molecule has 0 saturated carbocycles. The minimum Gasteiger partial charge on any atom is -0.229 e. The zero-order valence-corrected chi connectivity index (χ0v) is 11.5. The molecule has 0 unspecified atom stereocenters. The first-order valence-corrected chi connectivity index (χ1v) is 7.99. The second-order valence-electron chi connectivity index (χ2n) is 4.51. The van der Waals surface area contributed by atoms with Crippen molar-refractivity contribution in [3.05, 3.63) is 29.3 Å². The second-order valence-corrected chi connectivity index (χ2v) is 7.18. The molecule has 8 heteroatoms. The van der Waals surface area contributed by atoms with Crippen LogP contribution in [0.3, 0.4) is 0 Å². The van der Waals surface area contributed by atoms with E-state index in [1.54, 1.807) is 16.8 Å². The molecule has 6 nitrogen and oxygen atoms in total. The van der Waals surface area contributed by atoms with Gasteiger partial charge in [0.25, 0.3) is 0 Å². The number of aromatic nitrogens is 4. The van der Waals surface area contributed by atoms with Crippen molar-refractivity contribution >= 4 is 21.4 Å². The molecule has 0 bridgehead atoms. The molecule has 0 aliphatic carbocycles. The van der Waals surface area contributed by atoms with Gasteiger partial charge < -0.3 is 0 Å². The summed E-state index contributed by atoms with van der Waals surface area (Å²) in [6, 6.07) is 6.94. The number of sulfone groups is 1. The van der Waals surface area contributed by atoms with Crippen LogP contribution < -0.4 is 0 Å². The molecule has 0 N–H and O–H groups in total. The van der Waals surface area contributed by atoms with Gasteiger partial charge in [-0.05, 0) is 41.1 Å². The van der Waals surface area contributed by atoms with Gasteiger partial charge in [0.15, 0.2) is 15.7 Å². The lowest BCUT2D eigenvalue weighted by atomic mass is 10.2. The molecular formula is C11H11ClN4O2S. The maximum absolute atomic E-state index is 11.5.